The van der Waals surface area contributed by atoms with Crippen molar-refractivity contribution >= 4 is 34.3 Å². The molecule has 0 saturated heterocycles. The average molecular weight is 354 g/mol. The first-order valence-corrected chi connectivity index (χ1v) is 8.71. The molecule has 3 aromatic rings. The van der Waals surface area contributed by atoms with Crippen LogP contribution >= 0.6 is 11.8 Å². The summed E-state index contributed by atoms with van der Waals surface area (Å²) in [7, 11) is 0. The maximum absolute atomic E-state index is 12.3. The van der Waals surface area contributed by atoms with Gasteiger partial charge in [0.1, 0.15) is 0 Å². The van der Waals surface area contributed by atoms with Crippen LogP contribution in [0.25, 0.3) is 10.9 Å². The molecule has 25 heavy (non-hydrogen) atoms. The number of fused-ring (bicyclic) bond motifs is 1. The van der Waals surface area contributed by atoms with Crippen molar-refractivity contribution in [1.29, 1.82) is 0 Å². The van der Waals surface area contributed by atoms with Crippen molar-refractivity contribution in [3.8, 4) is 0 Å². The molecule has 0 unspecified atom stereocenters. The Kier molecular flexibility index (Phi) is 4.76. The number of rotatable bonds is 4. The minimum Gasteiger partial charge on any atom is -0.334 e. The summed E-state index contributed by atoms with van der Waals surface area (Å²) in [5.41, 5.74) is 3.15. The third-order valence-electron chi connectivity index (χ3n) is 3.99. The first-order valence-electron chi connectivity index (χ1n) is 7.73. The molecule has 128 valence electrons. The highest BCUT2D eigenvalue weighted by molar-refractivity contribution is 7.99. The number of thioether (sulfide) groups is 1. The highest BCUT2D eigenvalue weighted by Crippen LogP contribution is 2.20. The van der Waals surface area contributed by atoms with E-state index in [4.69, 9.17) is 5.84 Å². The number of aryl methyl sites for hydroxylation is 1. The van der Waals surface area contributed by atoms with Gasteiger partial charge >= 0.3 is 0 Å². The van der Waals surface area contributed by atoms with Crippen molar-refractivity contribution in [3.05, 3.63) is 63.9 Å². The lowest BCUT2D eigenvalue weighted by molar-refractivity contribution is -0.113. The topological polar surface area (TPSA) is 90.0 Å². The third kappa shape index (κ3) is 3.51. The van der Waals surface area contributed by atoms with E-state index in [9.17, 15) is 9.59 Å². The predicted molar refractivity (Wildman–Crippen MR) is 101 cm³/mol. The van der Waals surface area contributed by atoms with Gasteiger partial charge in [-0.15, -0.1) is 0 Å². The smallest absolute Gasteiger partial charge is 0.280 e. The lowest BCUT2D eigenvalue weighted by Gasteiger charge is -2.11. The Morgan fingerprint density at radius 1 is 1.20 bits per heavy atom. The number of nitrogens with zero attached hydrogens (tertiary/aromatic N) is 2. The van der Waals surface area contributed by atoms with Crippen molar-refractivity contribution in [2.24, 2.45) is 0 Å². The molecule has 0 aliphatic rings. The molecular formula is C18H18N4O2S. The van der Waals surface area contributed by atoms with E-state index in [1.165, 1.54) is 0 Å². The van der Waals surface area contributed by atoms with Crippen molar-refractivity contribution in [2.75, 3.05) is 16.9 Å². The number of amides is 1. The summed E-state index contributed by atoms with van der Waals surface area (Å²) >= 11 is 1.13. The van der Waals surface area contributed by atoms with Gasteiger partial charge in [-0.05, 0) is 43.2 Å². The number of benzene rings is 2. The Morgan fingerprint density at radius 2 is 1.96 bits per heavy atom. The van der Waals surface area contributed by atoms with Gasteiger partial charge in [-0.3, -0.25) is 9.59 Å². The van der Waals surface area contributed by atoms with Crippen molar-refractivity contribution in [1.82, 2.24) is 9.66 Å². The number of para-hydroxylation sites is 1. The number of nitrogens with two attached hydrogens (primary N) is 1. The van der Waals surface area contributed by atoms with E-state index < -0.39 is 0 Å². The monoisotopic (exact) mass is 354 g/mol. The van der Waals surface area contributed by atoms with Crippen LogP contribution in [0.4, 0.5) is 5.69 Å². The summed E-state index contributed by atoms with van der Waals surface area (Å²) in [6.45, 7) is 3.95. The predicted octanol–water partition coefficient (Wildman–Crippen LogP) is 2.46. The van der Waals surface area contributed by atoms with Crippen LogP contribution in [0.1, 0.15) is 11.1 Å². The van der Waals surface area contributed by atoms with Gasteiger partial charge in [0.25, 0.3) is 5.56 Å². The standard InChI is InChI=1S/C18H18N4O2S/c1-11-6-5-9-14(12(11)2)20-16(23)10-25-18-21-15-8-4-3-7-13(15)17(24)22(18)19/h3-9H,10,19H2,1-2H3,(H,20,23). The molecule has 1 aromatic heterocycles. The molecule has 3 rings (SSSR count). The van der Waals surface area contributed by atoms with Gasteiger partial charge in [0.15, 0.2) is 5.16 Å². The number of aromatic nitrogens is 2. The fourth-order valence-electron chi connectivity index (χ4n) is 2.43. The Morgan fingerprint density at radius 3 is 2.76 bits per heavy atom. The Balaban J connectivity index is 1.76. The molecule has 0 aliphatic heterocycles. The van der Waals surface area contributed by atoms with E-state index in [0.29, 0.717) is 16.1 Å². The molecule has 0 saturated carbocycles. The summed E-state index contributed by atoms with van der Waals surface area (Å²) in [5, 5.41) is 3.64. The molecule has 0 aliphatic carbocycles. The Labute approximate surface area is 149 Å². The van der Waals surface area contributed by atoms with E-state index in [-0.39, 0.29) is 17.2 Å². The molecule has 0 spiro atoms. The maximum Gasteiger partial charge on any atom is 0.280 e. The van der Waals surface area contributed by atoms with Crippen LogP contribution in [0.5, 0.6) is 0 Å². The molecule has 0 bridgehead atoms. The van der Waals surface area contributed by atoms with Gasteiger partial charge in [0.05, 0.1) is 16.7 Å². The zero-order valence-electron chi connectivity index (χ0n) is 13.9. The summed E-state index contributed by atoms with van der Waals surface area (Å²) in [6, 6.07) is 12.7. The highest BCUT2D eigenvalue weighted by Gasteiger charge is 2.12. The Bertz CT molecular complexity index is 1010. The quantitative estimate of drug-likeness (QED) is 0.427. The fourth-order valence-corrected chi connectivity index (χ4v) is 3.15. The van der Waals surface area contributed by atoms with Crippen LogP contribution in [-0.2, 0) is 4.79 Å². The maximum atomic E-state index is 12.3. The average Bonchev–Trinajstić information content (AvgIpc) is 2.61. The molecule has 6 nitrogen and oxygen atoms in total. The summed E-state index contributed by atoms with van der Waals surface area (Å²) in [5.74, 6) is 5.75. The van der Waals surface area contributed by atoms with Gasteiger partial charge in [-0.25, -0.2) is 9.66 Å². The molecule has 3 N–H and O–H groups in total. The van der Waals surface area contributed by atoms with Crippen LogP contribution in [0.2, 0.25) is 0 Å². The van der Waals surface area contributed by atoms with E-state index in [1.54, 1.807) is 24.3 Å². The summed E-state index contributed by atoms with van der Waals surface area (Å²) in [6.07, 6.45) is 0. The van der Waals surface area contributed by atoms with Crippen LogP contribution < -0.4 is 16.7 Å². The summed E-state index contributed by atoms with van der Waals surface area (Å²) < 4.78 is 0.984. The van der Waals surface area contributed by atoms with Crippen LogP contribution in [0.3, 0.4) is 0 Å². The molecule has 1 heterocycles. The van der Waals surface area contributed by atoms with Crippen LogP contribution in [-0.4, -0.2) is 21.3 Å². The normalized spacial score (nSPS) is 10.8. The second-order valence-electron chi connectivity index (χ2n) is 5.67. The van der Waals surface area contributed by atoms with E-state index in [1.807, 2.05) is 32.0 Å². The summed E-state index contributed by atoms with van der Waals surface area (Å²) in [4.78, 5) is 28.8. The zero-order valence-corrected chi connectivity index (χ0v) is 14.8. The van der Waals surface area contributed by atoms with Crippen molar-refractivity contribution < 1.29 is 4.79 Å². The molecule has 2 aromatic carbocycles. The number of hydrogen-bond acceptors (Lipinski definition) is 5. The fraction of sp³-hybridized carbons (Fsp3) is 0.167. The SMILES string of the molecule is Cc1cccc(NC(=O)CSc2nc3ccccc3c(=O)n2N)c1C. The molecule has 0 radical (unpaired) electrons. The van der Waals surface area contributed by atoms with Crippen LogP contribution in [0.15, 0.2) is 52.4 Å². The van der Waals surface area contributed by atoms with Gasteiger partial charge < -0.3 is 11.2 Å². The van der Waals surface area contributed by atoms with E-state index in [0.717, 1.165) is 33.3 Å². The largest absolute Gasteiger partial charge is 0.334 e. The van der Waals surface area contributed by atoms with Crippen molar-refractivity contribution in [2.45, 2.75) is 19.0 Å². The number of hydrogen-bond donors (Lipinski definition) is 2. The number of nitrogen functional groups attached to an aromatic ring is 1. The highest BCUT2D eigenvalue weighted by atomic mass is 32.2. The van der Waals surface area contributed by atoms with Crippen LogP contribution in [0, 0.1) is 13.8 Å². The number of carbonyl (C=O) groups excluding carboxylic acids is 1. The van der Waals surface area contributed by atoms with E-state index >= 15 is 0 Å². The van der Waals surface area contributed by atoms with Gasteiger partial charge in [0, 0.05) is 5.69 Å². The Hall–Kier alpha value is -2.80. The van der Waals surface area contributed by atoms with Crippen molar-refractivity contribution in [3.63, 3.8) is 0 Å². The lowest BCUT2D eigenvalue weighted by atomic mass is 10.1. The number of nitrogens with one attached hydrogen (secondary N) is 1. The second kappa shape index (κ2) is 6.98. The van der Waals surface area contributed by atoms with Gasteiger partial charge in [-0.1, -0.05) is 36.0 Å². The van der Waals surface area contributed by atoms with E-state index in [2.05, 4.69) is 10.3 Å². The first kappa shape index (κ1) is 17.0. The third-order valence-corrected chi connectivity index (χ3v) is 4.94. The molecule has 7 heteroatoms. The number of anilines is 1. The minimum absolute atomic E-state index is 0.107. The van der Waals surface area contributed by atoms with Gasteiger partial charge in [-0.2, -0.15) is 0 Å². The molecule has 0 fully saturated rings. The minimum atomic E-state index is -0.331. The van der Waals surface area contributed by atoms with Gasteiger partial charge in [0.2, 0.25) is 5.91 Å². The molecule has 0 atom stereocenters. The molecule has 1 amide bonds. The number of carbonyl (C=O) groups is 1. The first-order chi connectivity index (χ1) is 12.0. The lowest BCUT2D eigenvalue weighted by Crippen LogP contribution is -2.30. The zero-order chi connectivity index (χ0) is 18.0. The molecular weight excluding hydrogens is 336 g/mol. The second-order valence-corrected chi connectivity index (χ2v) is 6.61.